The fourth-order valence-corrected chi connectivity index (χ4v) is 2.50. The molecule has 0 radical (unpaired) electrons. The highest BCUT2D eigenvalue weighted by Gasteiger charge is 2.27. The molecule has 0 bridgehead atoms. The van der Waals surface area contributed by atoms with Gasteiger partial charge in [-0.05, 0) is 17.7 Å². The molecule has 0 aliphatic heterocycles. The van der Waals surface area contributed by atoms with Crippen LogP contribution in [0.25, 0.3) is 0 Å². The summed E-state index contributed by atoms with van der Waals surface area (Å²) in [5, 5.41) is 14.5. The normalized spacial score (nSPS) is 12.6. The quantitative estimate of drug-likeness (QED) is 0.624. The van der Waals surface area contributed by atoms with E-state index in [2.05, 4.69) is 10.6 Å². The molecular formula is C20H22N2O5. The number of amides is 2. The van der Waals surface area contributed by atoms with Crippen molar-refractivity contribution in [2.45, 2.75) is 18.5 Å². The zero-order chi connectivity index (χ0) is 19.6. The molecule has 0 saturated heterocycles. The van der Waals surface area contributed by atoms with E-state index in [1.54, 1.807) is 60.7 Å². The van der Waals surface area contributed by atoms with Gasteiger partial charge in [-0.15, -0.1) is 0 Å². The molecule has 2 unspecified atom stereocenters. The van der Waals surface area contributed by atoms with E-state index in [1.807, 2.05) is 0 Å². The highest BCUT2D eigenvalue weighted by molar-refractivity contribution is 5.98. The summed E-state index contributed by atoms with van der Waals surface area (Å²) in [5.41, 5.74) is 0.954. The van der Waals surface area contributed by atoms with Crippen LogP contribution in [0.4, 0.5) is 0 Å². The Bertz CT molecular complexity index is 764. The Kier molecular flexibility index (Phi) is 7.51. The second-order valence-corrected chi connectivity index (χ2v) is 5.86. The van der Waals surface area contributed by atoms with E-state index in [4.69, 9.17) is 4.74 Å². The van der Waals surface area contributed by atoms with Crippen molar-refractivity contribution < 1.29 is 24.2 Å². The van der Waals surface area contributed by atoms with Crippen LogP contribution in [0.1, 0.15) is 28.4 Å². The molecule has 2 atom stereocenters. The summed E-state index contributed by atoms with van der Waals surface area (Å²) < 4.78 is 4.89. The van der Waals surface area contributed by atoms with Crippen LogP contribution >= 0.6 is 0 Å². The molecule has 0 aliphatic carbocycles. The Labute approximate surface area is 157 Å². The zero-order valence-corrected chi connectivity index (χ0v) is 14.9. The van der Waals surface area contributed by atoms with E-state index in [0.29, 0.717) is 11.1 Å². The van der Waals surface area contributed by atoms with Crippen LogP contribution < -0.4 is 10.6 Å². The van der Waals surface area contributed by atoms with Gasteiger partial charge in [0, 0.05) is 25.7 Å². The Balaban J connectivity index is 2.20. The van der Waals surface area contributed by atoms with Crippen molar-refractivity contribution in [1.29, 1.82) is 0 Å². The summed E-state index contributed by atoms with van der Waals surface area (Å²) in [5.74, 6) is -2.20. The average Bonchev–Trinajstić information content (AvgIpc) is 2.70. The molecule has 0 aliphatic rings. The molecule has 3 N–H and O–H groups in total. The predicted molar refractivity (Wildman–Crippen MR) is 99.2 cm³/mol. The smallest absolute Gasteiger partial charge is 0.326 e. The number of nitrogens with one attached hydrogen (secondary N) is 2. The number of rotatable bonds is 9. The highest BCUT2D eigenvalue weighted by Crippen LogP contribution is 2.15. The molecule has 7 heteroatoms. The molecule has 0 spiro atoms. The van der Waals surface area contributed by atoms with Crippen LogP contribution in [0, 0.1) is 0 Å². The molecule has 142 valence electrons. The third-order valence-electron chi connectivity index (χ3n) is 3.93. The van der Waals surface area contributed by atoms with Gasteiger partial charge < -0.3 is 20.5 Å². The monoisotopic (exact) mass is 370 g/mol. The van der Waals surface area contributed by atoms with Gasteiger partial charge in [-0.1, -0.05) is 48.5 Å². The van der Waals surface area contributed by atoms with Crippen LogP contribution in [-0.2, 0) is 14.3 Å². The van der Waals surface area contributed by atoms with Gasteiger partial charge in [0.15, 0.2) is 0 Å². The number of benzene rings is 2. The lowest BCUT2D eigenvalue weighted by atomic mass is 10.0. The van der Waals surface area contributed by atoms with E-state index >= 15 is 0 Å². The molecule has 27 heavy (non-hydrogen) atoms. The Hall–Kier alpha value is -3.19. The lowest BCUT2D eigenvalue weighted by Gasteiger charge is -2.22. The number of ether oxygens (including phenoxy) is 1. The fourth-order valence-electron chi connectivity index (χ4n) is 2.50. The fraction of sp³-hybridized carbons (Fsp3) is 0.250. The van der Waals surface area contributed by atoms with Crippen molar-refractivity contribution in [2.75, 3.05) is 13.7 Å². The minimum absolute atomic E-state index is 0.117. The number of carbonyl (C=O) groups is 3. The maximum absolute atomic E-state index is 12.8. The van der Waals surface area contributed by atoms with Gasteiger partial charge in [-0.25, -0.2) is 4.79 Å². The number of carbonyl (C=O) groups excluding carboxylic acids is 2. The summed E-state index contributed by atoms with van der Waals surface area (Å²) in [7, 11) is 1.45. The standard InChI is InChI=1S/C20H22N2O5/c1-27-13-12-16(20(25)26)21-19(24)17(14-8-4-2-5-9-14)22-18(23)15-10-6-3-7-11-15/h2-11,16-17H,12-13H2,1H3,(H,21,24)(H,22,23)(H,25,26). The molecule has 2 amide bonds. The minimum atomic E-state index is -1.17. The Morgan fingerprint density at radius 1 is 0.963 bits per heavy atom. The first kappa shape index (κ1) is 20.1. The summed E-state index contributed by atoms with van der Waals surface area (Å²) in [6.45, 7) is 0.184. The van der Waals surface area contributed by atoms with Crippen molar-refractivity contribution in [3.05, 3.63) is 71.8 Å². The van der Waals surface area contributed by atoms with Crippen LogP contribution in [0.15, 0.2) is 60.7 Å². The maximum atomic E-state index is 12.8. The first-order chi connectivity index (χ1) is 13.0. The summed E-state index contributed by atoms with van der Waals surface area (Å²) in [6.07, 6.45) is 0.117. The van der Waals surface area contributed by atoms with E-state index in [1.165, 1.54) is 7.11 Å². The topological polar surface area (TPSA) is 105 Å². The number of hydrogen-bond acceptors (Lipinski definition) is 4. The Morgan fingerprint density at radius 2 is 1.56 bits per heavy atom. The van der Waals surface area contributed by atoms with Crippen LogP contribution in [-0.4, -0.2) is 42.6 Å². The number of aliphatic carboxylic acids is 1. The second-order valence-electron chi connectivity index (χ2n) is 5.86. The molecule has 0 heterocycles. The molecule has 2 rings (SSSR count). The van der Waals surface area contributed by atoms with Crippen LogP contribution in [0.2, 0.25) is 0 Å². The third-order valence-corrected chi connectivity index (χ3v) is 3.93. The van der Waals surface area contributed by atoms with Crippen molar-refractivity contribution in [3.63, 3.8) is 0 Å². The summed E-state index contributed by atoms with van der Waals surface area (Å²) >= 11 is 0. The number of carboxylic acids is 1. The van der Waals surface area contributed by atoms with Crippen molar-refractivity contribution in [3.8, 4) is 0 Å². The Morgan fingerprint density at radius 3 is 2.11 bits per heavy atom. The lowest BCUT2D eigenvalue weighted by Crippen LogP contribution is -2.47. The molecule has 2 aromatic carbocycles. The summed E-state index contributed by atoms with van der Waals surface area (Å²) in [6, 6.07) is 15.0. The minimum Gasteiger partial charge on any atom is -0.480 e. The van der Waals surface area contributed by atoms with Gasteiger partial charge in [0.05, 0.1) is 0 Å². The van der Waals surface area contributed by atoms with Gasteiger partial charge in [-0.2, -0.15) is 0 Å². The number of carboxylic acid groups (broad SMARTS) is 1. The van der Waals surface area contributed by atoms with Gasteiger partial charge >= 0.3 is 5.97 Å². The molecule has 0 fully saturated rings. The highest BCUT2D eigenvalue weighted by atomic mass is 16.5. The van der Waals surface area contributed by atoms with Gasteiger partial charge in [0.2, 0.25) is 5.91 Å². The van der Waals surface area contributed by atoms with Crippen molar-refractivity contribution in [1.82, 2.24) is 10.6 Å². The average molecular weight is 370 g/mol. The van der Waals surface area contributed by atoms with Gasteiger partial charge in [0.1, 0.15) is 12.1 Å². The molecule has 7 nitrogen and oxygen atoms in total. The third kappa shape index (κ3) is 5.93. The summed E-state index contributed by atoms with van der Waals surface area (Å²) in [4.78, 5) is 36.6. The van der Waals surface area contributed by atoms with Crippen LogP contribution in [0.3, 0.4) is 0 Å². The van der Waals surface area contributed by atoms with E-state index in [-0.39, 0.29) is 13.0 Å². The van der Waals surface area contributed by atoms with Gasteiger partial charge in [0.25, 0.3) is 5.91 Å². The number of methoxy groups -OCH3 is 1. The van der Waals surface area contributed by atoms with E-state index in [0.717, 1.165) is 0 Å². The van der Waals surface area contributed by atoms with Crippen LogP contribution in [0.5, 0.6) is 0 Å². The predicted octanol–water partition coefficient (Wildman–Crippen LogP) is 1.76. The SMILES string of the molecule is COCCC(NC(=O)C(NC(=O)c1ccccc1)c1ccccc1)C(=O)O. The first-order valence-electron chi connectivity index (χ1n) is 8.46. The van der Waals surface area contributed by atoms with E-state index in [9.17, 15) is 19.5 Å². The first-order valence-corrected chi connectivity index (χ1v) is 8.46. The number of hydrogen-bond donors (Lipinski definition) is 3. The largest absolute Gasteiger partial charge is 0.480 e. The van der Waals surface area contributed by atoms with Crippen molar-refractivity contribution >= 4 is 17.8 Å². The zero-order valence-electron chi connectivity index (χ0n) is 14.9. The molecule has 2 aromatic rings. The lowest BCUT2D eigenvalue weighted by molar-refractivity contribution is -0.142. The molecule has 0 saturated carbocycles. The van der Waals surface area contributed by atoms with Crippen molar-refractivity contribution in [2.24, 2.45) is 0 Å². The molecule has 0 aromatic heterocycles. The van der Waals surface area contributed by atoms with E-state index < -0.39 is 29.9 Å². The van der Waals surface area contributed by atoms with Gasteiger partial charge in [-0.3, -0.25) is 9.59 Å². The molecular weight excluding hydrogens is 348 g/mol. The maximum Gasteiger partial charge on any atom is 0.326 e. The second kappa shape index (κ2) is 10.1.